The molecule has 3 N–H and O–H groups in total. The van der Waals surface area contributed by atoms with Crippen LogP contribution in [0.1, 0.15) is 43.2 Å². The average Bonchev–Trinajstić information content (AvgIpc) is 2.37. The summed E-state index contributed by atoms with van der Waals surface area (Å²) < 4.78 is 0. The summed E-state index contributed by atoms with van der Waals surface area (Å²) in [6.45, 7) is 4.17. The van der Waals surface area contributed by atoms with Crippen molar-refractivity contribution in [1.82, 2.24) is 0 Å². The lowest BCUT2D eigenvalue weighted by atomic mass is 10.0. The highest BCUT2D eigenvalue weighted by Crippen LogP contribution is 2.25. The lowest BCUT2D eigenvalue weighted by Crippen LogP contribution is -2.29. The van der Waals surface area contributed by atoms with Gasteiger partial charge in [-0.15, -0.1) is 0 Å². The molecule has 0 atom stereocenters. The van der Waals surface area contributed by atoms with Crippen LogP contribution in [0.4, 0.5) is 5.69 Å². The highest BCUT2D eigenvalue weighted by atomic mass is 16.4. The van der Waals surface area contributed by atoms with Gasteiger partial charge in [0.15, 0.2) is 5.84 Å². The number of hydrogen-bond donors (Lipinski definition) is 2. The quantitative estimate of drug-likeness (QED) is 0.372. The molecule has 1 aromatic carbocycles. The topological polar surface area (TPSA) is 61.9 Å². The van der Waals surface area contributed by atoms with E-state index in [1.54, 1.807) is 0 Å². The van der Waals surface area contributed by atoms with Gasteiger partial charge in [-0.3, -0.25) is 0 Å². The molecule has 1 fully saturated rings. The molecule has 0 aliphatic carbocycles. The summed E-state index contributed by atoms with van der Waals surface area (Å²) in [5.41, 5.74) is 8.92. The maximum atomic E-state index is 8.93. The summed E-state index contributed by atoms with van der Waals surface area (Å²) in [6.07, 6.45) is 6.35. The molecular weight excluding hydrogens is 238 g/mol. The molecule has 1 aliphatic heterocycles. The lowest BCUT2D eigenvalue weighted by molar-refractivity contribution is 0.318. The number of amidine groups is 1. The van der Waals surface area contributed by atoms with Crippen molar-refractivity contribution in [3.63, 3.8) is 0 Å². The number of anilines is 1. The van der Waals surface area contributed by atoms with E-state index in [1.165, 1.54) is 37.7 Å². The van der Waals surface area contributed by atoms with Gasteiger partial charge in [-0.2, -0.15) is 0 Å². The van der Waals surface area contributed by atoms with Gasteiger partial charge in [0.25, 0.3) is 0 Å². The van der Waals surface area contributed by atoms with Gasteiger partial charge in [-0.25, -0.2) is 0 Å². The van der Waals surface area contributed by atoms with Crippen LogP contribution < -0.4 is 10.6 Å². The highest BCUT2D eigenvalue weighted by Gasteiger charge is 2.15. The number of benzene rings is 1. The minimum absolute atomic E-state index is 0.192. The van der Waals surface area contributed by atoms with Crippen molar-refractivity contribution in [1.29, 1.82) is 0 Å². The second-order valence-corrected chi connectivity index (χ2v) is 5.26. The zero-order chi connectivity index (χ0) is 13.7. The van der Waals surface area contributed by atoms with Crippen LogP contribution in [-0.4, -0.2) is 24.1 Å². The molecule has 0 unspecified atom stereocenters. The molecule has 0 spiro atoms. The molecule has 0 aromatic heterocycles. The van der Waals surface area contributed by atoms with Crippen molar-refractivity contribution in [2.24, 2.45) is 10.9 Å². The largest absolute Gasteiger partial charge is 0.409 e. The van der Waals surface area contributed by atoms with E-state index in [-0.39, 0.29) is 5.84 Å². The zero-order valence-electron chi connectivity index (χ0n) is 11.6. The summed E-state index contributed by atoms with van der Waals surface area (Å²) in [5.74, 6) is 0.192. The van der Waals surface area contributed by atoms with E-state index >= 15 is 0 Å². The van der Waals surface area contributed by atoms with E-state index in [0.717, 1.165) is 24.3 Å². The normalized spacial score (nSPS) is 17.9. The van der Waals surface area contributed by atoms with E-state index in [2.05, 4.69) is 23.0 Å². The smallest absolute Gasteiger partial charge is 0.172 e. The van der Waals surface area contributed by atoms with Gasteiger partial charge >= 0.3 is 0 Å². The third kappa shape index (κ3) is 3.40. The standard InChI is InChI=1S/C15H23N3O/c1-12-7-8-13(15(16)17-19)14(11-12)18-9-5-3-2-4-6-10-18/h7-8,11,19H,2-6,9-10H2,1H3,(H2,16,17). The molecule has 0 saturated carbocycles. The Balaban J connectivity index is 2.32. The van der Waals surface area contributed by atoms with Gasteiger partial charge in [0.2, 0.25) is 0 Å². The minimum Gasteiger partial charge on any atom is -0.409 e. The SMILES string of the molecule is Cc1ccc(C(N)=NO)c(N2CCCCCCC2)c1. The van der Waals surface area contributed by atoms with Gasteiger partial charge in [0, 0.05) is 24.3 Å². The van der Waals surface area contributed by atoms with Crippen molar-refractivity contribution in [3.8, 4) is 0 Å². The number of hydrogen-bond acceptors (Lipinski definition) is 3. The van der Waals surface area contributed by atoms with Crippen molar-refractivity contribution >= 4 is 11.5 Å². The molecule has 1 saturated heterocycles. The second-order valence-electron chi connectivity index (χ2n) is 5.26. The average molecular weight is 261 g/mol. The maximum Gasteiger partial charge on any atom is 0.172 e. The molecule has 4 nitrogen and oxygen atoms in total. The minimum atomic E-state index is 0.192. The second kappa shape index (κ2) is 6.45. The van der Waals surface area contributed by atoms with Gasteiger partial charge in [0.05, 0.1) is 0 Å². The summed E-state index contributed by atoms with van der Waals surface area (Å²) >= 11 is 0. The Labute approximate surface area is 114 Å². The first kappa shape index (κ1) is 13.7. The van der Waals surface area contributed by atoms with Crippen LogP contribution in [0.5, 0.6) is 0 Å². The van der Waals surface area contributed by atoms with Gasteiger partial charge in [-0.05, 0) is 37.5 Å². The van der Waals surface area contributed by atoms with Crippen LogP contribution in [0.3, 0.4) is 0 Å². The third-order valence-electron chi connectivity index (χ3n) is 3.73. The molecule has 1 aromatic rings. The Kier molecular flexibility index (Phi) is 4.66. The van der Waals surface area contributed by atoms with Crippen molar-refractivity contribution in [2.75, 3.05) is 18.0 Å². The summed E-state index contributed by atoms with van der Waals surface area (Å²) in [6, 6.07) is 6.08. The molecule has 1 aliphatic rings. The number of oxime groups is 1. The van der Waals surface area contributed by atoms with E-state index in [0.29, 0.717) is 0 Å². The molecule has 0 bridgehead atoms. The number of nitrogens with zero attached hydrogens (tertiary/aromatic N) is 2. The fourth-order valence-electron chi connectivity index (χ4n) is 2.66. The monoisotopic (exact) mass is 261 g/mol. The molecule has 0 radical (unpaired) electrons. The molecule has 1 heterocycles. The summed E-state index contributed by atoms with van der Waals surface area (Å²) in [7, 11) is 0. The van der Waals surface area contributed by atoms with E-state index < -0.39 is 0 Å². The predicted molar refractivity (Wildman–Crippen MR) is 79.0 cm³/mol. The molecule has 104 valence electrons. The third-order valence-corrected chi connectivity index (χ3v) is 3.73. The molecular formula is C15H23N3O. The summed E-state index contributed by atoms with van der Waals surface area (Å²) in [5, 5.41) is 12.1. The van der Waals surface area contributed by atoms with E-state index in [9.17, 15) is 0 Å². The maximum absolute atomic E-state index is 8.93. The van der Waals surface area contributed by atoms with Crippen LogP contribution >= 0.6 is 0 Å². The Bertz CT molecular complexity index is 449. The Hall–Kier alpha value is -1.71. The zero-order valence-corrected chi connectivity index (χ0v) is 11.6. The first-order valence-corrected chi connectivity index (χ1v) is 7.06. The molecule has 0 amide bonds. The van der Waals surface area contributed by atoms with E-state index in [4.69, 9.17) is 10.9 Å². The lowest BCUT2D eigenvalue weighted by Gasteiger charge is -2.29. The van der Waals surface area contributed by atoms with Crippen LogP contribution in [0, 0.1) is 6.92 Å². The van der Waals surface area contributed by atoms with Gasteiger partial charge in [-0.1, -0.05) is 30.5 Å². The van der Waals surface area contributed by atoms with Crippen LogP contribution in [0.2, 0.25) is 0 Å². The van der Waals surface area contributed by atoms with Crippen molar-refractivity contribution < 1.29 is 5.21 Å². The molecule has 2 rings (SSSR count). The van der Waals surface area contributed by atoms with Crippen LogP contribution in [-0.2, 0) is 0 Å². The fourth-order valence-corrected chi connectivity index (χ4v) is 2.66. The molecule has 19 heavy (non-hydrogen) atoms. The Morgan fingerprint density at radius 2 is 1.79 bits per heavy atom. The van der Waals surface area contributed by atoms with E-state index in [1.807, 2.05) is 12.1 Å². The predicted octanol–water partition coefficient (Wildman–Crippen LogP) is 2.86. The van der Waals surface area contributed by atoms with Gasteiger partial charge in [0.1, 0.15) is 0 Å². The van der Waals surface area contributed by atoms with Crippen molar-refractivity contribution in [2.45, 2.75) is 39.0 Å². The van der Waals surface area contributed by atoms with Crippen LogP contribution in [0.25, 0.3) is 0 Å². The number of aryl methyl sites for hydroxylation is 1. The first-order chi connectivity index (χ1) is 9.22. The van der Waals surface area contributed by atoms with Gasteiger partial charge < -0.3 is 15.8 Å². The van der Waals surface area contributed by atoms with Crippen LogP contribution in [0.15, 0.2) is 23.4 Å². The Morgan fingerprint density at radius 1 is 1.16 bits per heavy atom. The fraction of sp³-hybridized carbons (Fsp3) is 0.533. The summed E-state index contributed by atoms with van der Waals surface area (Å²) in [4.78, 5) is 2.37. The van der Waals surface area contributed by atoms with Crippen molar-refractivity contribution in [3.05, 3.63) is 29.3 Å². The Morgan fingerprint density at radius 3 is 2.42 bits per heavy atom. The number of nitrogens with two attached hydrogens (primary N) is 1. The number of rotatable bonds is 2. The highest BCUT2D eigenvalue weighted by molar-refractivity contribution is 6.02. The molecule has 4 heteroatoms. The first-order valence-electron chi connectivity index (χ1n) is 7.06.